The summed E-state index contributed by atoms with van der Waals surface area (Å²) < 4.78 is 33.4. The van der Waals surface area contributed by atoms with Gasteiger partial charge in [0.25, 0.3) is 15.9 Å². The van der Waals surface area contributed by atoms with Crippen molar-refractivity contribution < 1.29 is 17.9 Å². The van der Waals surface area contributed by atoms with Crippen LogP contribution in [0.15, 0.2) is 77.7 Å². The molecule has 0 aromatic heterocycles. The number of para-hydroxylation sites is 2. The number of sulfonamides is 1. The van der Waals surface area contributed by atoms with Crippen LogP contribution in [-0.2, 0) is 16.6 Å². The van der Waals surface area contributed by atoms with Crippen molar-refractivity contribution in [1.82, 2.24) is 4.90 Å². The molecule has 0 saturated carbocycles. The predicted octanol–water partition coefficient (Wildman–Crippen LogP) is 4.42. The van der Waals surface area contributed by atoms with Crippen LogP contribution in [0.1, 0.15) is 15.9 Å². The molecular weight excluding hydrogens is 424 g/mol. The zero-order chi connectivity index (χ0) is 21.7. The van der Waals surface area contributed by atoms with Crippen LogP contribution < -0.4 is 9.46 Å². The van der Waals surface area contributed by atoms with Gasteiger partial charge in [-0.2, -0.15) is 0 Å². The molecule has 1 N–H and O–H groups in total. The molecule has 0 atom stereocenters. The predicted molar refractivity (Wildman–Crippen MR) is 117 cm³/mol. The second-order valence-corrected chi connectivity index (χ2v) is 8.65. The Bertz CT molecular complexity index is 1150. The van der Waals surface area contributed by atoms with Crippen LogP contribution in [0.25, 0.3) is 0 Å². The minimum absolute atomic E-state index is 0.0300. The fourth-order valence-electron chi connectivity index (χ4n) is 2.94. The fourth-order valence-corrected chi connectivity index (χ4v) is 4.53. The van der Waals surface area contributed by atoms with E-state index in [9.17, 15) is 13.2 Å². The number of hydrogen-bond donors (Lipinski definition) is 1. The Hall–Kier alpha value is -3.03. The summed E-state index contributed by atoms with van der Waals surface area (Å²) in [7, 11) is -0.763. The summed E-state index contributed by atoms with van der Waals surface area (Å²) in [6.07, 6.45) is 0. The fraction of sp³-hybridized carbons (Fsp3) is 0.136. The Morgan fingerprint density at radius 1 is 1.03 bits per heavy atom. The van der Waals surface area contributed by atoms with Crippen LogP contribution in [-0.4, -0.2) is 33.4 Å². The molecule has 0 aliphatic rings. The maximum Gasteiger partial charge on any atom is 0.263 e. The van der Waals surface area contributed by atoms with E-state index in [1.54, 1.807) is 44.5 Å². The molecule has 3 aromatic rings. The summed E-state index contributed by atoms with van der Waals surface area (Å²) in [6.45, 7) is 0.301. The lowest BCUT2D eigenvalue weighted by atomic mass is 10.1. The summed E-state index contributed by atoms with van der Waals surface area (Å²) >= 11 is 6.14. The molecule has 0 aliphatic heterocycles. The van der Waals surface area contributed by atoms with Gasteiger partial charge in [0.05, 0.1) is 12.1 Å². The zero-order valence-corrected chi connectivity index (χ0v) is 18.1. The van der Waals surface area contributed by atoms with Crippen molar-refractivity contribution in [3.8, 4) is 5.75 Å². The van der Waals surface area contributed by atoms with Gasteiger partial charge in [0.1, 0.15) is 10.6 Å². The molecule has 0 aliphatic carbocycles. The molecule has 30 heavy (non-hydrogen) atoms. The van der Waals surface area contributed by atoms with E-state index in [1.165, 1.54) is 23.1 Å². The molecule has 0 heterocycles. The standard InChI is InChI=1S/C22H21ClN2O4S/c1-25(15-17-8-6-7-11-20(17)29-2)22(26)16-12-13-19(23)21(14-16)30(27,28)24-18-9-4-3-5-10-18/h3-14,24H,15H2,1-2H3. The average Bonchev–Trinajstić information content (AvgIpc) is 2.74. The third-order valence-corrected chi connectivity index (χ3v) is 6.30. The Balaban J connectivity index is 1.86. The topological polar surface area (TPSA) is 75.7 Å². The van der Waals surface area contributed by atoms with Gasteiger partial charge in [0.2, 0.25) is 0 Å². The smallest absolute Gasteiger partial charge is 0.263 e. The average molecular weight is 445 g/mol. The number of carbonyl (C=O) groups excluding carboxylic acids is 1. The third kappa shape index (κ3) is 4.93. The molecule has 0 spiro atoms. The van der Waals surface area contributed by atoms with E-state index in [2.05, 4.69) is 4.72 Å². The van der Waals surface area contributed by atoms with Gasteiger partial charge in [-0.05, 0) is 36.4 Å². The summed E-state index contributed by atoms with van der Waals surface area (Å²) in [5.41, 5.74) is 1.45. The Labute approximate surface area is 181 Å². The number of methoxy groups -OCH3 is 1. The normalized spacial score (nSPS) is 11.0. The molecule has 6 nitrogen and oxygen atoms in total. The van der Waals surface area contributed by atoms with Crippen molar-refractivity contribution in [3.05, 3.63) is 88.9 Å². The van der Waals surface area contributed by atoms with Gasteiger partial charge in [-0.3, -0.25) is 9.52 Å². The number of halogens is 1. The number of ether oxygens (including phenoxy) is 1. The summed E-state index contributed by atoms with van der Waals surface area (Å²) in [5, 5.41) is 0.0300. The van der Waals surface area contributed by atoms with E-state index in [0.29, 0.717) is 18.0 Å². The first-order chi connectivity index (χ1) is 14.3. The van der Waals surface area contributed by atoms with Gasteiger partial charge >= 0.3 is 0 Å². The molecule has 0 bridgehead atoms. The van der Waals surface area contributed by atoms with Gasteiger partial charge < -0.3 is 9.64 Å². The molecule has 0 fully saturated rings. The molecule has 156 valence electrons. The molecule has 8 heteroatoms. The number of nitrogens with zero attached hydrogens (tertiary/aromatic N) is 1. The van der Waals surface area contributed by atoms with Crippen LogP contribution in [0.3, 0.4) is 0 Å². The van der Waals surface area contributed by atoms with Gasteiger partial charge in [-0.25, -0.2) is 8.42 Å². The van der Waals surface area contributed by atoms with E-state index < -0.39 is 10.0 Å². The molecule has 0 unspecified atom stereocenters. The number of anilines is 1. The van der Waals surface area contributed by atoms with Crippen molar-refractivity contribution in [3.63, 3.8) is 0 Å². The maximum absolute atomic E-state index is 12.9. The lowest BCUT2D eigenvalue weighted by molar-refractivity contribution is 0.0784. The van der Waals surface area contributed by atoms with Crippen LogP contribution in [0, 0.1) is 0 Å². The van der Waals surface area contributed by atoms with Crippen LogP contribution in [0.4, 0.5) is 5.69 Å². The monoisotopic (exact) mass is 444 g/mol. The van der Waals surface area contributed by atoms with E-state index in [-0.39, 0.29) is 21.4 Å². The van der Waals surface area contributed by atoms with Crippen molar-refractivity contribution >= 4 is 33.2 Å². The largest absolute Gasteiger partial charge is 0.496 e. The molecule has 3 aromatic carbocycles. The first kappa shape index (κ1) is 21.7. The van der Waals surface area contributed by atoms with E-state index in [4.69, 9.17) is 16.3 Å². The minimum Gasteiger partial charge on any atom is -0.496 e. The number of hydrogen-bond acceptors (Lipinski definition) is 4. The van der Waals surface area contributed by atoms with Gasteiger partial charge in [-0.1, -0.05) is 48.0 Å². The van der Waals surface area contributed by atoms with Crippen molar-refractivity contribution in [1.29, 1.82) is 0 Å². The van der Waals surface area contributed by atoms with E-state index >= 15 is 0 Å². The van der Waals surface area contributed by atoms with Crippen LogP contribution in [0.2, 0.25) is 5.02 Å². The second kappa shape index (κ2) is 9.19. The number of rotatable bonds is 7. The second-order valence-electron chi connectivity index (χ2n) is 6.59. The highest BCUT2D eigenvalue weighted by Crippen LogP contribution is 2.26. The molecule has 0 radical (unpaired) electrons. The molecule has 1 amide bonds. The Morgan fingerprint density at radius 2 is 1.70 bits per heavy atom. The Kier molecular flexibility index (Phi) is 6.64. The number of benzene rings is 3. The SMILES string of the molecule is COc1ccccc1CN(C)C(=O)c1ccc(Cl)c(S(=O)(=O)Nc2ccccc2)c1. The van der Waals surface area contributed by atoms with Gasteiger partial charge in [-0.15, -0.1) is 0 Å². The van der Waals surface area contributed by atoms with Crippen LogP contribution in [0.5, 0.6) is 5.75 Å². The third-order valence-electron chi connectivity index (χ3n) is 4.44. The highest BCUT2D eigenvalue weighted by molar-refractivity contribution is 7.92. The highest BCUT2D eigenvalue weighted by atomic mass is 35.5. The zero-order valence-electron chi connectivity index (χ0n) is 16.5. The number of amides is 1. The lowest BCUT2D eigenvalue weighted by Gasteiger charge is -2.19. The molecular formula is C22H21ClN2O4S. The van der Waals surface area contributed by atoms with Gasteiger partial charge in [0, 0.05) is 30.4 Å². The maximum atomic E-state index is 12.9. The summed E-state index contributed by atoms with van der Waals surface area (Å²) in [5.74, 6) is 0.331. The van der Waals surface area contributed by atoms with E-state index in [0.717, 1.165) is 5.56 Å². The lowest BCUT2D eigenvalue weighted by Crippen LogP contribution is -2.26. The summed E-state index contributed by atoms with van der Waals surface area (Å²) in [6, 6.07) is 20.0. The Morgan fingerprint density at radius 3 is 2.40 bits per heavy atom. The quantitative estimate of drug-likeness (QED) is 0.585. The van der Waals surface area contributed by atoms with Gasteiger partial charge in [0.15, 0.2) is 0 Å². The molecule has 0 saturated heterocycles. The highest BCUT2D eigenvalue weighted by Gasteiger charge is 2.22. The van der Waals surface area contributed by atoms with Crippen LogP contribution >= 0.6 is 11.6 Å². The first-order valence-electron chi connectivity index (χ1n) is 9.06. The van der Waals surface area contributed by atoms with Crippen molar-refractivity contribution in [2.75, 3.05) is 18.9 Å². The van der Waals surface area contributed by atoms with Crippen molar-refractivity contribution in [2.45, 2.75) is 11.4 Å². The first-order valence-corrected chi connectivity index (χ1v) is 10.9. The number of nitrogens with one attached hydrogen (secondary N) is 1. The molecule has 3 rings (SSSR count). The van der Waals surface area contributed by atoms with E-state index in [1.807, 2.05) is 24.3 Å². The van der Waals surface area contributed by atoms with Crippen molar-refractivity contribution in [2.24, 2.45) is 0 Å². The summed E-state index contributed by atoms with van der Waals surface area (Å²) in [4.78, 5) is 14.2. The number of carbonyl (C=O) groups is 1. The minimum atomic E-state index is -3.97.